The Morgan fingerprint density at radius 3 is 2.88 bits per heavy atom. The van der Waals surface area contributed by atoms with E-state index in [1.807, 2.05) is 6.92 Å². The first kappa shape index (κ1) is 13.0. The molecule has 0 aromatic heterocycles. The van der Waals surface area contributed by atoms with Crippen molar-refractivity contribution in [2.24, 2.45) is 5.92 Å². The number of carbonyl (C=O) groups is 1. The molecule has 2 atom stereocenters. The highest BCUT2D eigenvalue weighted by Gasteiger charge is 2.38. The molecule has 0 spiro atoms. The van der Waals surface area contributed by atoms with E-state index in [0.29, 0.717) is 12.4 Å². The van der Waals surface area contributed by atoms with E-state index >= 15 is 0 Å². The summed E-state index contributed by atoms with van der Waals surface area (Å²) in [6.45, 7) is 8.96. The van der Waals surface area contributed by atoms with E-state index in [4.69, 9.17) is 4.74 Å². The van der Waals surface area contributed by atoms with Crippen LogP contribution in [-0.4, -0.2) is 12.1 Å². The molecule has 0 heterocycles. The van der Waals surface area contributed by atoms with Gasteiger partial charge < -0.3 is 4.74 Å². The van der Waals surface area contributed by atoms with E-state index in [2.05, 4.69) is 32.9 Å². The summed E-state index contributed by atoms with van der Waals surface area (Å²) < 4.78 is 5.33. The lowest BCUT2D eigenvalue weighted by molar-refractivity contribution is -0.147. The molecule has 16 heavy (non-hydrogen) atoms. The summed E-state index contributed by atoms with van der Waals surface area (Å²) in [6, 6.07) is 0. The predicted molar refractivity (Wildman–Crippen MR) is 66.1 cm³/mol. The first-order valence-electron chi connectivity index (χ1n) is 5.91. The molecule has 0 bridgehead atoms. The van der Waals surface area contributed by atoms with Crippen molar-refractivity contribution in [2.75, 3.05) is 0 Å². The number of carbonyl (C=O) groups excluding carboxylic acids is 1. The average molecular weight is 222 g/mol. The van der Waals surface area contributed by atoms with Crippen LogP contribution in [0.3, 0.4) is 0 Å². The molecule has 0 aromatic rings. The Kier molecular flexibility index (Phi) is 4.34. The monoisotopic (exact) mass is 222 g/mol. The van der Waals surface area contributed by atoms with E-state index in [0.717, 1.165) is 19.3 Å². The van der Waals surface area contributed by atoms with Crippen molar-refractivity contribution >= 4 is 6.47 Å². The van der Waals surface area contributed by atoms with Gasteiger partial charge in [-0.15, -0.1) is 0 Å². The Bertz CT molecular complexity index is 311. The molecule has 1 rings (SSSR count). The van der Waals surface area contributed by atoms with Gasteiger partial charge in [-0.3, -0.25) is 4.79 Å². The Morgan fingerprint density at radius 2 is 2.31 bits per heavy atom. The first-order valence-corrected chi connectivity index (χ1v) is 5.91. The van der Waals surface area contributed by atoms with Gasteiger partial charge >= 0.3 is 0 Å². The van der Waals surface area contributed by atoms with Crippen LogP contribution in [0.1, 0.15) is 47.0 Å². The van der Waals surface area contributed by atoms with Crippen molar-refractivity contribution in [1.29, 1.82) is 0 Å². The highest BCUT2D eigenvalue weighted by Crippen LogP contribution is 2.39. The summed E-state index contributed by atoms with van der Waals surface area (Å²) in [5.74, 6) is 0.321. The fraction of sp³-hybridized carbons (Fsp3) is 0.643. The second-order valence-corrected chi connectivity index (χ2v) is 5.08. The van der Waals surface area contributed by atoms with Gasteiger partial charge in [0.25, 0.3) is 6.47 Å². The molecule has 0 saturated heterocycles. The summed E-state index contributed by atoms with van der Waals surface area (Å²) in [5.41, 5.74) is 2.33. The van der Waals surface area contributed by atoms with Crippen molar-refractivity contribution in [3.05, 3.63) is 23.3 Å². The molecule has 0 amide bonds. The molecule has 0 aliphatic heterocycles. The molecular weight excluding hydrogens is 200 g/mol. The third-order valence-electron chi connectivity index (χ3n) is 3.47. The Balaban J connectivity index is 2.87. The number of ether oxygens (including phenoxy) is 1. The largest absolute Gasteiger partial charge is 0.461 e. The molecule has 2 nitrogen and oxygen atoms in total. The summed E-state index contributed by atoms with van der Waals surface area (Å²) in [7, 11) is 0. The Labute approximate surface area is 98.4 Å². The average Bonchev–Trinajstić information content (AvgIpc) is 2.16. The van der Waals surface area contributed by atoms with Crippen LogP contribution in [0.5, 0.6) is 0 Å². The van der Waals surface area contributed by atoms with Crippen LogP contribution in [0.4, 0.5) is 0 Å². The van der Waals surface area contributed by atoms with Gasteiger partial charge in [0, 0.05) is 5.92 Å². The molecule has 2 heteroatoms. The second-order valence-electron chi connectivity index (χ2n) is 5.08. The van der Waals surface area contributed by atoms with E-state index in [1.165, 1.54) is 11.1 Å². The molecule has 1 aliphatic rings. The lowest BCUT2D eigenvalue weighted by atomic mass is 9.74. The molecule has 90 valence electrons. The molecule has 1 aliphatic carbocycles. The molecule has 2 unspecified atom stereocenters. The fourth-order valence-electron chi connectivity index (χ4n) is 2.42. The number of hydrogen-bond acceptors (Lipinski definition) is 2. The molecule has 0 aromatic carbocycles. The maximum absolute atomic E-state index is 10.6. The minimum atomic E-state index is -0.327. The van der Waals surface area contributed by atoms with Crippen molar-refractivity contribution in [3.63, 3.8) is 0 Å². The van der Waals surface area contributed by atoms with Gasteiger partial charge in [-0.1, -0.05) is 23.3 Å². The molecule has 0 N–H and O–H groups in total. The predicted octanol–water partition coefficient (Wildman–Crippen LogP) is 3.63. The highest BCUT2D eigenvalue weighted by molar-refractivity contribution is 5.39. The lowest BCUT2D eigenvalue weighted by Crippen LogP contribution is -2.40. The Morgan fingerprint density at radius 1 is 1.62 bits per heavy atom. The fourth-order valence-corrected chi connectivity index (χ4v) is 2.42. The zero-order chi connectivity index (χ0) is 12.2. The van der Waals surface area contributed by atoms with E-state index < -0.39 is 0 Å². The SMILES string of the molecule is CC(C)=CCC1C(C)=CCCC1(C)OC=O. The van der Waals surface area contributed by atoms with Gasteiger partial charge in [0.15, 0.2) is 0 Å². The third-order valence-corrected chi connectivity index (χ3v) is 3.47. The van der Waals surface area contributed by atoms with Crippen molar-refractivity contribution in [3.8, 4) is 0 Å². The molecule has 0 radical (unpaired) electrons. The van der Waals surface area contributed by atoms with Crippen LogP contribution in [0, 0.1) is 5.92 Å². The van der Waals surface area contributed by atoms with Crippen molar-refractivity contribution in [2.45, 2.75) is 52.6 Å². The van der Waals surface area contributed by atoms with E-state index in [-0.39, 0.29) is 5.60 Å². The quantitative estimate of drug-likeness (QED) is 0.536. The molecule has 0 fully saturated rings. The van der Waals surface area contributed by atoms with Gasteiger partial charge in [-0.2, -0.15) is 0 Å². The van der Waals surface area contributed by atoms with Gasteiger partial charge in [0.1, 0.15) is 5.60 Å². The summed E-state index contributed by atoms with van der Waals surface area (Å²) in [4.78, 5) is 10.6. The number of hydrogen-bond donors (Lipinski definition) is 0. The van der Waals surface area contributed by atoms with Gasteiger partial charge in [0.2, 0.25) is 0 Å². The third kappa shape index (κ3) is 2.97. The van der Waals surface area contributed by atoms with E-state index in [1.54, 1.807) is 0 Å². The van der Waals surface area contributed by atoms with Gasteiger partial charge in [0.05, 0.1) is 0 Å². The van der Waals surface area contributed by atoms with Crippen LogP contribution in [0.2, 0.25) is 0 Å². The maximum Gasteiger partial charge on any atom is 0.293 e. The highest BCUT2D eigenvalue weighted by atomic mass is 16.5. The molecule has 0 saturated carbocycles. The summed E-state index contributed by atoms with van der Waals surface area (Å²) in [5, 5.41) is 0. The summed E-state index contributed by atoms with van der Waals surface area (Å²) >= 11 is 0. The zero-order valence-electron chi connectivity index (χ0n) is 10.7. The lowest BCUT2D eigenvalue weighted by Gasteiger charge is -2.39. The van der Waals surface area contributed by atoms with Gasteiger partial charge in [-0.25, -0.2) is 0 Å². The van der Waals surface area contributed by atoms with Crippen LogP contribution in [-0.2, 0) is 9.53 Å². The number of allylic oxidation sites excluding steroid dienone is 3. The van der Waals surface area contributed by atoms with E-state index in [9.17, 15) is 4.79 Å². The van der Waals surface area contributed by atoms with Crippen molar-refractivity contribution < 1.29 is 9.53 Å². The van der Waals surface area contributed by atoms with Crippen LogP contribution in [0.15, 0.2) is 23.3 Å². The second kappa shape index (κ2) is 5.33. The standard InChI is InChI=1S/C14H22O2/c1-11(2)7-8-13-12(3)6-5-9-14(13,4)16-10-15/h6-7,10,13H,5,8-9H2,1-4H3. The molecular formula is C14H22O2. The normalized spacial score (nSPS) is 29.2. The Hall–Kier alpha value is -1.05. The summed E-state index contributed by atoms with van der Waals surface area (Å²) in [6.07, 6.45) is 7.36. The minimum Gasteiger partial charge on any atom is -0.461 e. The van der Waals surface area contributed by atoms with Crippen molar-refractivity contribution in [1.82, 2.24) is 0 Å². The van der Waals surface area contributed by atoms with Gasteiger partial charge in [-0.05, 0) is 47.0 Å². The smallest absolute Gasteiger partial charge is 0.293 e. The van der Waals surface area contributed by atoms with Crippen LogP contribution >= 0.6 is 0 Å². The van der Waals surface area contributed by atoms with Crippen LogP contribution < -0.4 is 0 Å². The topological polar surface area (TPSA) is 26.3 Å². The minimum absolute atomic E-state index is 0.321. The zero-order valence-corrected chi connectivity index (χ0v) is 10.7. The van der Waals surface area contributed by atoms with Crippen LogP contribution in [0.25, 0.3) is 0 Å². The maximum atomic E-state index is 10.6. The number of rotatable bonds is 4. The first-order chi connectivity index (χ1) is 7.49.